The van der Waals surface area contributed by atoms with Crippen LogP contribution in [0.25, 0.3) is 22.4 Å². The zero-order valence-corrected chi connectivity index (χ0v) is 10.4. The maximum atomic E-state index is 13.2. The average molecular weight is 261 g/mol. The molecule has 0 radical (unpaired) electrons. The molecular formula is C14H10ClFN2. The molecule has 0 aliphatic carbocycles. The van der Waals surface area contributed by atoms with E-state index in [-0.39, 0.29) is 5.82 Å². The van der Waals surface area contributed by atoms with Gasteiger partial charge in [0, 0.05) is 5.56 Å². The van der Waals surface area contributed by atoms with Crippen LogP contribution in [-0.2, 0) is 0 Å². The Morgan fingerprint density at radius 2 is 2.06 bits per heavy atom. The Morgan fingerprint density at radius 3 is 2.83 bits per heavy atom. The van der Waals surface area contributed by atoms with E-state index in [9.17, 15) is 4.39 Å². The first kappa shape index (κ1) is 11.2. The van der Waals surface area contributed by atoms with Gasteiger partial charge in [0.15, 0.2) is 0 Å². The SMILES string of the molecule is Cc1cc(Cl)c2nc(-c3cccc(F)c3)[nH]c2c1. The van der Waals surface area contributed by atoms with Crippen molar-refractivity contribution >= 4 is 22.6 Å². The van der Waals surface area contributed by atoms with Gasteiger partial charge in [0.05, 0.1) is 10.5 Å². The molecule has 0 atom stereocenters. The van der Waals surface area contributed by atoms with Crippen molar-refractivity contribution in [3.05, 3.63) is 52.8 Å². The molecular weight excluding hydrogens is 251 g/mol. The number of imidazole rings is 1. The van der Waals surface area contributed by atoms with Gasteiger partial charge >= 0.3 is 0 Å². The first-order valence-corrected chi connectivity index (χ1v) is 5.93. The van der Waals surface area contributed by atoms with E-state index in [0.717, 1.165) is 11.1 Å². The highest BCUT2D eigenvalue weighted by Crippen LogP contribution is 2.27. The fourth-order valence-corrected chi connectivity index (χ4v) is 2.30. The lowest BCUT2D eigenvalue weighted by molar-refractivity contribution is 0.628. The lowest BCUT2D eigenvalue weighted by Crippen LogP contribution is -1.81. The van der Waals surface area contributed by atoms with Crippen molar-refractivity contribution in [2.24, 2.45) is 0 Å². The molecule has 0 spiro atoms. The minimum Gasteiger partial charge on any atom is -0.338 e. The molecule has 0 unspecified atom stereocenters. The summed E-state index contributed by atoms with van der Waals surface area (Å²) >= 11 is 6.14. The number of aromatic nitrogens is 2. The number of aryl methyl sites for hydroxylation is 1. The van der Waals surface area contributed by atoms with Crippen LogP contribution in [0.4, 0.5) is 4.39 Å². The molecule has 2 aromatic carbocycles. The highest BCUT2D eigenvalue weighted by Gasteiger charge is 2.09. The molecule has 1 heterocycles. The lowest BCUT2D eigenvalue weighted by atomic mass is 10.2. The molecule has 0 aliphatic rings. The summed E-state index contributed by atoms with van der Waals surface area (Å²) in [4.78, 5) is 7.57. The maximum Gasteiger partial charge on any atom is 0.138 e. The summed E-state index contributed by atoms with van der Waals surface area (Å²) < 4.78 is 13.2. The Bertz CT molecular complexity index is 734. The Balaban J connectivity index is 2.22. The summed E-state index contributed by atoms with van der Waals surface area (Å²) in [5.74, 6) is 0.340. The van der Waals surface area contributed by atoms with Gasteiger partial charge in [0.2, 0.25) is 0 Å². The summed E-state index contributed by atoms with van der Waals surface area (Å²) in [7, 11) is 0. The van der Waals surface area contributed by atoms with Crippen LogP contribution in [0.1, 0.15) is 5.56 Å². The number of H-pyrrole nitrogens is 1. The summed E-state index contributed by atoms with van der Waals surface area (Å²) in [6.45, 7) is 1.97. The molecule has 3 aromatic rings. The van der Waals surface area contributed by atoms with Gasteiger partial charge in [0.25, 0.3) is 0 Å². The molecule has 0 bridgehead atoms. The van der Waals surface area contributed by atoms with Crippen molar-refractivity contribution in [3.63, 3.8) is 0 Å². The second-order valence-corrected chi connectivity index (χ2v) is 4.65. The third-order valence-corrected chi connectivity index (χ3v) is 3.07. The zero-order chi connectivity index (χ0) is 12.7. The van der Waals surface area contributed by atoms with Crippen LogP contribution >= 0.6 is 11.6 Å². The summed E-state index contributed by atoms with van der Waals surface area (Å²) in [6, 6.07) is 10.1. The predicted molar refractivity (Wildman–Crippen MR) is 71.2 cm³/mol. The number of hydrogen-bond donors (Lipinski definition) is 1. The van der Waals surface area contributed by atoms with Crippen LogP contribution < -0.4 is 0 Å². The van der Waals surface area contributed by atoms with E-state index in [4.69, 9.17) is 11.6 Å². The van der Waals surface area contributed by atoms with Gasteiger partial charge in [-0.1, -0.05) is 23.7 Å². The monoisotopic (exact) mass is 260 g/mol. The summed E-state index contributed by atoms with van der Waals surface area (Å²) in [5.41, 5.74) is 3.34. The number of benzene rings is 2. The molecule has 0 fully saturated rings. The van der Waals surface area contributed by atoms with E-state index < -0.39 is 0 Å². The second-order valence-electron chi connectivity index (χ2n) is 4.24. The van der Waals surface area contributed by atoms with Gasteiger partial charge < -0.3 is 4.98 Å². The van der Waals surface area contributed by atoms with Crippen molar-refractivity contribution in [2.75, 3.05) is 0 Å². The number of fused-ring (bicyclic) bond motifs is 1. The van der Waals surface area contributed by atoms with E-state index in [1.54, 1.807) is 6.07 Å². The normalized spacial score (nSPS) is 11.1. The summed E-state index contributed by atoms with van der Waals surface area (Å²) in [5, 5.41) is 0.601. The molecule has 0 amide bonds. The van der Waals surface area contributed by atoms with E-state index in [0.29, 0.717) is 21.9 Å². The number of halogens is 2. The highest BCUT2D eigenvalue weighted by molar-refractivity contribution is 6.35. The van der Waals surface area contributed by atoms with E-state index in [1.807, 2.05) is 25.1 Å². The lowest BCUT2D eigenvalue weighted by Gasteiger charge is -1.95. The van der Waals surface area contributed by atoms with Gasteiger partial charge in [-0.25, -0.2) is 9.37 Å². The first-order chi connectivity index (χ1) is 8.63. The largest absolute Gasteiger partial charge is 0.338 e. The predicted octanol–water partition coefficient (Wildman–Crippen LogP) is 4.33. The van der Waals surface area contributed by atoms with Gasteiger partial charge in [-0.15, -0.1) is 0 Å². The average Bonchev–Trinajstić information content (AvgIpc) is 2.73. The molecule has 2 nitrogen and oxygen atoms in total. The minimum absolute atomic E-state index is 0.282. The molecule has 1 aromatic heterocycles. The van der Waals surface area contributed by atoms with Crippen LogP contribution in [0.5, 0.6) is 0 Å². The molecule has 3 rings (SSSR count). The first-order valence-electron chi connectivity index (χ1n) is 5.55. The van der Waals surface area contributed by atoms with E-state index >= 15 is 0 Å². The standard InChI is InChI=1S/C14H10ClFN2/c1-8-5-11(15)13-12(6-8)17-14(18-13)9-3-2-4-10(16)7-9/h2-7H,1H3,(H,17,18). The van der Waals surface area contributed by atoms with Crippen molar-refractivity contribution in [2.45, 2.75) is 6.92 Å². The van der Waals surface area contributed by atoms with E-state index in [2.05, 4.69) is 9.97 Å². The van der Waals surface area contributed by atoms with Crippen LogP contribution in [0.3, 0.4) is 0 Å². The molecule has 90 valence electrons. The minimum atomic E-state index is -0.282. The second kappa shape index (κ2) is 4.10. The van der Waals surface area contributed by atoms with Crippen LogP contribution in [0, 0.1) is 12.7 Å². The fourth-order valence-electron chi connectivity index (χ4n) is 1.98. The van der Waals surface area contributed by atoms with Gasteiger partial charge in [-0.05, 0) is 36.8 Å². The Morgan fingerprint density at radius 1 is 1.22 bits per heavy atom. The smallest absolute Gasteiger partial charge is 0.138 e. The van der Waals surface area contributed by atoms with Crippen LogP contribution in [0.15, 0.2) is 36.4 Å². The van der Waals surface area contributed by atoms with Crippen molar-refractivity contribution in [3.8, 4) is 11.4 Å². The molecule has 1 N–H and O–H groups in total. The number of hydrogen-bond acceptors (Lipinski definition) is 1. The molecule has 0 saturated carbocycles. The molecule has 0 saturated heterocycles. The Kier molecular flexibility index (Phi) is 2.56. The third kappa shape index (κ3) is 1.87. The van der Waals surface area contributed by atoms with Gasteiger partial charge in [0.1, 0.15) is 17.2 Å². The van der Waals surface area contributed by atoms with E-state index in [1.165, 1.54) is 12.1 Å². The Hall–Kier alpha value is -1.87. The quantitative estimate of drug-likeness (QED) is 0.693. The summed E-state index contributed by atoms with van der Waals surface area (Å²) in [6.07, 6.45) is 0. The molecule has 4 heteroatoms. The van der Waals surface area contributed by atoms with Crippen molar-refractivity contribution < 1.29 is 4.39 Å². The number of nitrogens with one attached hydrogen (secondary N) is 1. The topological polar surface area (TPSA) is 28.7 Å². The number of aromatic amines is 1. The Labute approximate surface area is 108 Å². The van der Waals surface area contributed by atoms with Crippen LogP contribution in [-0.4, -0.2) is 9.97 Å². The molecule has 0 aliphatic heterocycles. The zero-order valence-electron chi connectivity index (χ0n) is 9.67. The van der Waals surface area contributed by atoms with Gasteiger partial charge in [-0.3, -0.25) is 0 Å². The third-order valence-electron chi connectivity index (χ3n) is 2.78. The van der Waals surface area contributed by atoms with Crippen LogP contribution in [0.2, 0.25) is 5.02 Å². The fraction of sp³-hybridized carbons (Fsp3) is 0.0714. The maximum absolute atomic E-state index is 13.2. The number of rotatable bonds is 1. The van der Waals surface area contributed by atoms with Crippen molar-refractivity contribution in [1.29, 1.82) is 0 Å². The highest BCUT2D eigenvalue weighted by atomic mass is 35.5. The number of nitrogens with zero attached hydrogens (tertiary/aromatic N) is 1. The van der Waals surface area contributed by atoms with Crippen molar-refractivity contribution in [1.82, 2.24) is 9.97 Å². The van der Waals surface area contributed by atoms with Gasteiger partial charge in [-0.2, -0.15) is 0 Å². The molecule has 18 heavy (non-hydrogen) atoms.